The number of aliphatic hydroxyl groups excluding tert-OH is 1. The van der Waals surface area contributed by atoms with Gasteiger partial charge in [0.1, 0.15) is 11.6 Å². The third-order valence-electron chi connectivity index (χ3n) is 9.51. The summed E-state index contributed by atoms with van der Waals surface area (Å²) < 4.78 is 6.58. The maximum absolute atomic E-state index is 14.5. The molecule has 6 rings (SSSR count). The van der Waals surface area contributed by atoms with Gasteiger partial charge in [0, 0.05) is 30.2 Å². The molecular formula is C35H40N4O5. The van der Waals surface area contributed by atoms with Gasteiger partial charge in [0.05, 0.1) is 30.6 Å². The predicted molar refractivity (Wildman–Crippen MR) is 169 cm³/mol. The predicted octanol–water partition coefficient (Wildman–Crippen LogP) is 4.09. The lowest BCUT2D eigenvalue weighted by atomic mass is 9.70. The lowest BCUT2D eigenvalue weighted by Crippen LogP contribution is -2.56. The quantitative estimate of drug-likeness (QED) is 0.308. The Kier molecular flexibility index (Phi) is 8.42. The van der Waals surface area contributed by atoms with E-state index in [9.17, 15) is 19.5 Å². The average molecular weight is 597 g/mol. The van der Waals surface area contributed by atoms with Gasteiger partial charge in [0.2, 0.25) is 17.7 Å². The van der Waals surface area contributed by atoms with Crippen molar-refractivity contribution in [1.82, 2.24) is 4.90 Å². The summed E-state index contributed by atoms with van der Waals surface area (Å²) in [5.41, 5.74) is 2.06. The highest BCUT2D eigenvalue weighted by Crippen LogP contribution is 2.59. The van der Waals surface area contributed by atoms with Gasteiger partial charge in [-0.05, 0) is 75.1 Å². The Labute approximate surface area is 258 Å². The summed E-state index contributed by atoms with van der Waals surface area (Å²) in [6, 6.07) is 24.7. The molecule has 3 aliphatic rings. The zero-order valence-corrected chi connectivity index (χ0v) is 25.2. The molecule has 3 aromatic carbocycles. The van der Waals surface area contributed by atoms with Crippen LogP contribution in [0.4, 0.5) is 17.1 Å². The van der Waals surface area contributed by atoms with E-state index < -0.39 is 35.6 Å². The molecule has 44 heavy (non-hydrogen) atoms. The van der Waals surface area contributed by atoms with E-state index in [1.165, 1.54) is 4.90 Å². The van der Waals surface area contributed by atoms with E-state index in [1.807, 2.05) is 72.8 Å². The molecule has 230 valence electrons. The second-order valence-corrected chi connectivity index (χ2v) is 11.9. The number of nitrogens with one attached hydrogen (secondary N) is 2. The second kappa shape index (κ2) is 12.4. The van der Waals surface area contributed by atoms with Crippen molar-refractivity contribution in [2.45, 2.75) is 56.9 Å². The fourth-order valence-corrected chi connectivity index (χ4v) is 7.52. The van der Waals surface area contributed by atoms with Crippen molar-refractivity contribution in [1.29, 1.82) is 0 Å². The van der Waals surface area contributed by atoms with Crippen LogP contribution in [0.5, 0.6) is 0 Å². The number of amides is 3. The Morgan fingerprint density at radius 3 is 2.18 bits per heavy atom. The van der Waals surface area contributed by atoms with Crippen LogP contribution in [0.25, 0.3) is 0 Å². The molecule has 3 aliphatic heterocycles. The topological polar surface area (TPSA) is 111 Å². The number of para-hydroxylation sites is 1. The largest absolute Gasteiger partial charge is 0.394 e. The molecule has 9 nitrogen and oxygen atoms in total. The van der Waals surface area contributed by atoms with Crippen LogP contribution in [0.3, 0.4) is 0 Å². The van der Waals surface area contributed by atoms with Gasteiger partial charge in [-0.3, -0.25) is 14.4 Å². The lowest BCUT2D eigenvalue weighted by molar-refractivity contribution is -0.143. The molecule has 3 saturated heterocycles. The van der Waals surface area contributed by atoms with Crippen molar-refractivity contribution in [3.05, 3.63) is 90.5 Å². The van der Waals surface area contributed by atoms with Gasteiger partial charge in [0.15, 0.2) is 0 Å². The summed E-state index contributed by atoms with van der Waals surface area (Å²) in [6.07, 6.45) is 0.927. The molecular weight excluding hydrogens is 556 g/mol. The van der Waals surface area contributed by atoms with Gasteiger partial charge in [-0.1, -0.05) is 48.5 Å². The molecule has 3 fully saturated rings. The zero-order chi connectivity index (χ0) is 30.8. The fraction of sp³-hybridized carbons (Fsp3) is 0.400. The number of fused-ring (bicyclic) bond motifs is 1. The normalized spacial score (nSPS) is 25.9. The summed E-state index contributed by atoms with van der Waals surface area (Å²) in [7, 11) is 0. The Morgan fingerprint density at radius 2 is 1.55 bits per heavy atom. The van der Waals surface area contributed by atoms with Crippen LogP contribution in [0.2, 0.25) is 0 Å². The first-order valence-electron chi connectivity index (χ1n) is 15.6. The number of likely N-dealkylation sites (tertiary alicyclic amines) is 1. The van der Waals surface area contributed by atoms with Gasteiger partial charge < -0.3 is 30.3 Å². The number of hydrogen-bond donors (Lipinski definition) is 3. The van der Waals surface area contributed by atoms with Crippen molar-refractivity contribution < 1.29 is 24.2 Å². The van der Waals surface area contributed by atoms with E-state index in [2.05, 4.69) is 29.4 Å². The van der Waals surface area contributed by atoms with Gasteiger partial charge >= 0.3 is 0 Å². The summed E-state index contributed by atoms with van der Waals surface area (Å²) in [6.45, 7) is 5.59. The molecule has 2 unspecified atom stereocenters. The summed E-state index contributed by atoms with van der Waals surface area (Å²) >= 11 is 0. The number of rotatable bonds is 11. The molecule has 6 atom stereocenters. The summed E-state index contributed by atoms with van der Waals surface area (Å²) in [5, 5.41) is 16.6. The van der Waals surface area contributed by atoms with Crippen molar-refractivity contribution in [2.24, 2.45) is 11.8 Å². The zero-order valence-electron chi connectivity index (χ0n) is 25.2. The van der Waals surface area contributed by atoms with Gasteiger partial charge in [-0.25, -0.2) is 0 Å². The molecule has 9 heteroatoms. The van der Waals surface area contributed by atoms with E-state index in [-0.39, 0.29) is 24.3 Å². The van der Waals surface area contributed by atoms with E-state index >= 15 is 0 Å². The number of hydrogen-bond acceptors (Lipinski definition) is 6. The van der Waals surface area contributed by atoms with Crippen LogP contribution in [0.1, 0.15) is 32.3 Å². The Bertz CT molecular complexity index is 1480. The molecule has 2 bridgehead atoms. The number of carbonyl (C=O) groups excluding carboxylic acids is 3. The highest BCUT2D eigenvalue weighted by Gasteiger charge is 2.75. The third kappa shape index (κ3) is 5.24. The highest BCUT2D eigenvalue weighted by molar-refractivity contribution is 6.05. The number of ether oxygens (including phenoxy) is 1. The van der Waals surface area contributed by atoms with Crippen molar-refractivity contribution in [3.8, 4) is 0 Å². The SMILES string of the molecule is CCN(CC)c1ccc(NC(=O)C2N([C@@H](CO)Cc3ccccc3)C(=O)[C@@H]3[C@H](C(=O)Nc4ccccc4)[C@@H]4CCC23O4)cc1. The van der Waals surface area contributed by atoms with Gasteiger partial charge in [-0.15, -0.1) is 0 Å². The number of anilines is 3. The minimum atomic E-state index is -1.17. The molecule has 0 saturated carbocycles. The molecule has 1 spiro atoms. The minimum absolute atomic E-state index is 0.294. The first-order valence-corrected chi connectivity index (χ1v) is 15.6. The van der Waals surface area contributed by atoms with E-state index in [0.29, 0.717) is 30.6 Å². The molecule has 3 amide bonds. The van der Waals surface area contributed by atoms with Crippen LogP contribution in [-0.2, 0) is 25.5 Å². The number of benzene rings is 3. The van der Waals surface area contributed by atoms with Crippen LogP contribution in [0, 0.1) is 11.8 Å². The maximum Gasteiger partial charge on any atom is 0.250 e. The highest BCUT2D eigenvalue weighted by atomic mass is 16.5. The van der Waals surface area contributed by atoms with Crippen LogP contribution in [-0.4, -0.2) is 71.2 Å². The second-order valence-electron chi connectivity index (χ2n) is 11.9. The van der Waals surface area contributed by atoms with E-state index in [1.54, 1.807) is 12.1 Å². The minimum Gasteiger partial charge on any atom is -0.394 e. The molecule has 3 N–H and O–H groups in total. The van der Waals surface area contributed by atoms with Crippen molar-refractivity contribution in [3.63, 3.8) is 0 Å². The Morgan fingerprint density at radius 1 is 0.932 bits per heavy atom. The van der Waals surface area contributed by atoms with Crippen molar-refractivity contribution >= 4 is 34.8 Å². The summed E-state index contributed by atoms with van der Waals surface area (Å²) in [5.74, 6) is -2.59. The first kappa shape index (κ1) is 29.8. The van der Waals surface area contributed by atoms with Crippen LogP contribution in [0.15, 0.2) is 84.9 Å². The monoisotopic (exact) mass is 596 g/mol. The molecule has 3 heterocycles. The summed E-state index contributed by atoms with van der Waals surface area (Å²) in [4.78, 5) is 46.2. The van der Waals surface area contributed by atoms with Gasteiger partial charge in [-0.2, -0.15) is 0 Å². The van der Waals surface area contributed by atoms with Crippen molar-refractivity contribution in [2.75, 3.05) is 35.2 Å². The van der Waals surface area contributed by atoms with Crippen LogP contribution >= 0.6 is 0 Å². The smallest absolute Gasteiger partial charge is 0.250 e. The number of nitrogens with zero attached hydrogens (tertiary/aromatic N) is 2. The molecule has 0 aliphatic carbocycles. The third-order valence-corrected chi connectivity index (χ3v) is 9.51. The fourth-order valence-electron chi connectivity index (χ4n) is 7.52. The molecule has 0 radical (unpaired) electrons. The van der Waals surface area contributed by atoms with E-state index in [4.69, 9.17) is 4.74 Å². The lowest BCUT2D eigenvalue weighted by Gasteiger charge is -2.36. The number of carbonyl (C=O) groups is 3. The maximum atomic E-state index is 14.5. The average Bonchev–Trinajstić information content (AvgIpc) is 3.69. The van der Waals surface area contributed by atoms with Gasteiger partial charge in [0.25, 0.3) is 0 Å². The number of aliphatic hydroxyl groups is 1. The molecule has 3 aromatic rings. The van der Waals surface area contributed by atoms with Crippen LogP contribution < -0.4 is 15.5 Å². The van der Waals surface area contributed by atoms with E-state index in [0.717, 1.165) is 24.3 Å². The Hall–Kier alpha value is -4.21. The Balaban J connectivity index is 1.33. The standard InChI is InChI=1S/C35H40N4O5/c1-3-38(4-2)26-17-15-25(16-18-26)37-33(42)31-35-20-19-28(44-35)29(32(41)36-24-13-9-6-10-14-24)30(35)34(43)39(31)27(22-40)21-23-11-7-5-8-12-23/h5-18,27-31,40H,3-4,19-22H2,1-2H3,(H,36,41)(H,37,42)/t27-,28+,29-,30+,31?,35?/m1/s1. The first-order chi connectivity index (χ1) is 21.4. The molecule has 0 aromatic heterocycles.